The van der Waals surface area contributed by atoms with Crippen molar-refractivity contribution >= 4 is 11.9 Å². The van der Waals surface area contributed by atoms with Crippen molar-refractivity contribution in [3.05, 3.63) is 66.6 Å². The first-order valence-corrected chi connectivity index (χ1v) is 7.13. The van der Waals surface area contributed by atoms with Crippen molar-refractivity contribution < 1.29 is 18.0 Å². The van der Waals surface area contributed by atoms with Gasteiger partial charge in [-0.25, -0.2) is 0 Å². The number of nitrogens with one attached hydrogen (secondary N) is 1. The molecule has 1 aromatic carbocycles. The molecule has 0 fully saturated rings. The summed E-state index contributed by atoms with van der Waals surface area (Å²) in [5.41, 5.74) is 0.884. The molecule has 3 aromatic heterocycles. The first kappa shape index (κ1) is 14.0. The maximum atomic E-state index is 12.2. The van der Waals surface area contributed by atoms with E-state index in [1.807, 2.05) is 30.3 Å². The van der Waals surface area contributed by atoms with Crippen molar-refractivity contribution in [3.8, 4) is 23.0 Å². The van der Waals surface area contributed by atoms with E-state index in [1.54, 1.807) is 24.3 Å². The van der Waals surface area contributed by atoms with Crippen LogP contribution >= 0.6 is 0 Å². The van der Waals surface area contributed by atoms with Gasteiger partial charge in [0.15, 0.2) is 11.5 Å². The van der Waals surface area contributed by atoms with E-state index in [2.05, 4.69) is 15.5 Å². The highest BCUT2D eigenvalue weighted by molar-refractivity contribution is 6.01. The zero-order valence-electron chi connectivity index (χ0n) is 12.3. The number of furan rings is 2. The highest BCUT2D eigenvalue weighted by atomic mass is 16.4. The fourth-order valence-electron chi connectivity index (χ4n) is 2.15. The van der Waals surface area contributed by atoms with Crippen LogP contribution in [0, 0.1) is 0 Å². The smallest absolute Gasteiger partial charge is 0.323 e. The Kier molecular flexibility index (Phi) is 3.43. The van der Waals surface area contributed by atoms with Gasteiger partial charge in [0.1, 0.15) is 5.76 Å². The van der Waals surface area contributed by atoms with Gasteiger partial charge in [-0.15, -0.1) is 5.10 Å². The molecule has 4 aromatic rings. The number of aromatic nitrogens is 2. The standard InChI is InChI=1S/C17H11N3O4/c21-15(13-9-8-12(23-13)11-5-2-1-3-6-11)18-17-20-19-16(24-17)14-7-4-10-22-14/h1-10H,(H,18,20,21). The highest BCUT2D eigenvalue weighted by Gasteiger charge is 2.17. The van der Waals surface area contributed by atoms with E-state index in [0.717, 1.165) is 5.56 Å². The number of anilines is 1. The maximum absolute atomic E-state index is 12.2. The molecule has 0 atom stereocenters. The van der Waals surface area contributed by atoms with E-state index in [4.69, 9.17) is 13.3 Å². The van der Waals surface area contributed by atoms with Crippen LogP contribution < -0.4 is 5.32 Å². The molecule has 7 nitrogen and oxygen atoms in total. The van der Waals surface area contributed by atoms with Gasteiger partial charge in [0, 0.05) is 5.56 Å². The molecule has 0 radical (unpaired) electrons. The van der Waals surface area contributed by atoms with Crippen molar-refractivity contribution in [2.45, 2.75) is 0 Å². The Morgan fingerprint density at radius 3 is 2.54 bits per heavy atom. The highest BCUT2D eigenvalue weighted by Crippen LogP contribution is 2.23. The van der Waals surface area contributed by atoms with E-state index in [0.29, 0.717) is 11.5 Å². The average molecular weight is 321 g/mol. The summed E-state index contributed by atoms with van der Waals surface area (Å²) in [6.45, 7) is 0. The minimum Gasteiger partial charge on any atom is -0.459 e. The minimum absolute atomic E-state index is 0.0379. The number of benzene rings is 1. The van der Waals surface area contributed by atoms with Gasteiger partial charge >= 0.3 is 6.01 Å². The van der Waals surface area contributed by atoms with Crippen molar-refractivity contribution in [1.82, 2.24) is 10.2 Å². The summed E-state index contributed by atoms with van der Waals surface area (Å²) in [4.78, 5) is 12.2. The molecule has 0 aliphatic heterocycles. The Bertz CT molecular complexity index is 955. The first-order chi connectivity index (χ1) is 11.8. The SMILES string of the molecule is O=C(Nc1nnc(-c2ccco2)o1)c1ccc(-c2ccccc2)o1. The topological polar surface area (TPSA) is 94.3 Å². The molecule has 0 unspecified atom stereocenters. The summed E-state index contributed by atoms with van der Waals surface area (Å²) in [5, 5.41) is 10.0. The molecule has 0 saturated heterocycles. The van der Waals surface area contributed by atoms with Gasteiger partial charge in [0.2, 0.25) is 0 Å². The lowest BCUT2D eigenvalue weighted by Gasteiger charge is -1.97. The Labute approximate surface area is 135 Å². The Morgan fingerprint density at radius 2 is 1.75 bits per heavy atom. The summed E-state index contributed by atoms with van der Waals surface area (Å²) in [6.07, 6.45) is 1.49. The lowest BCUT2D eigenvalue weighted by Crippen LogP contribution is -2.11. The molecule has 0 aliphatic carbocycles. The lowest BCUT2D eigenvalue weighted by atomic mass is 10.2. The second-order valence-corrected chi connectivity index (χ2v) is 4.87. The number of hydrogen-bond donors (Lipinski definition) is 1. The molecule has 118 valence electrons. The molecular weight excluding hydrogens is 310 g/mol. The largest absolute Gasteiger partial charge is 0.459 e. The third kappa shape index (κ3) is 2.70. The summed E-state index contributed by atoms with van der Waals surface area (Å²) in [7, 11) is 0. The van der Waals surface area contributed by atoms with Crippen LogP contribution in [0.2, 0.25) is 0 Å². The Morgan fingerprint density at radius 1 is 0.875 bits per heavy atom. The molecule has 1 N–H and O–H groups in total. The van der Waals surface area contributed by atoms with Gasteiger partial charge < -0.3 is 13.3 Å². The van der Waals surface area contributed by atoms with Gasteiger partial charge in [0.05, 0.1) is 6.26 Å². The molecule has 1 amide bonds. The van der Waals surface area contributed by atoms with Crippen LogP contribution in [-0.2, 0) is 0 Å². The van der Waals surface area contributed by atoms with Gasteiger partial charge in [-0.3, -0.25) is 10.1 Å². The molecule has 7 heteroatoms. The fraction of sp³-hybridized carbons (Fsp3) is 0. The summed E-state index contributed by atoms with van der Waals surface area (Å²) in [5.74, 6) is 0.869. The van der Waals surface area contributed by atoms with Crippen LogP contribution in [0.25, 0.3) is 23.0 Å². The monoisotopic (exact) mass is 321 g/mol. The maximum Gasteiger partial charge on any atom is 0.323 e. The molecule has 0 aliphatic rings. The first-order valence-electron chi connectivity index (χ1n) is 7.13. The van der Waals surface area contributed by atoms with Crippen molar-refractivity contribution in [2.75, 3.05) is 5.32 Å². The minimum atomic E-state index is -0.480. The zero-order valence-corrected chi connectivity index (χ0v) is 12.3. The van der Waals surface area contributed by atoms with Crippen LogP contribution in [0.3, 0.4) is 0 Å². The predicted octanol–water partition coefficient (Wildman–Crippen LogP) is 3.84. The van der Waals surface area contributed by atoms with E-state index < -0.39 is 5.91 Å². The molecule has 0 spiro atoms. The van der Waals surface area contributed by atoms with Crippen LogP contribution in [-0.4, -0.2) is 16.1 Å². The van der Waals surface area contributed by atoms with Crippen molar-refractivity contribution in [1.29, 1.82) is 0 Å². The van der Waals surface area contributed by atoms with Gasteiger partial charge in [-0.05, 0) is 24.3 Å². The molecule has 24 heavy (non-hydrogen) atoms. The van der Waals surface area contributed by atoms with E-state index in [1.165, 1.54) is 6.26 Å². The molecular formula is C17H11N3O4. The second-order valence-electron chi connectivity index (χ2n) is 4.87. The second kappa shape index (κ2) is 5.88. The molecule has 0 bridgehead atoms. The number of amides is 1. The molecule has 3 heterocycles. The predicted molar refractivity (Wildman–Crippen MR) is 84.1 cm³/mol. The molecule has 4 rings (SSSR count). The zero-order chi connectivity index (χ0) is 16.4. The van der Waals surface area contributed by atoms with Crippen LogP contribution in [0.4, 0.5) is 6.01 Å². The van der Waals surface area contributed by atoms with E-state index in [-0.39, 0.29) is 17.7 Å². The van der Waals surface area contributed by atoms with Crippen molar-refractivity contribution in [2.24, 2.45) is 0 Å². The molecule has 0 saturated carbocycles. The fourth-order valence-corrected chi connectivity index (χ4v) is 2.15. The van der Waals surface area contributed by atoms with Gasteiger partial charge in [0.25, 0.3) is 11.8 Å². The summed E-state index contributed by atoms with van der Waals surface area (Å²) >= 11 is 0. The average Bonchev–Trinajstić information content (AvgIpc) is 3.36. The number of hydrogen-bond acceptors (Lipinski definition) is 6. The Balaban J connectivity index is 1.50. The van der Waals surface area contributed by atoms with Gasteiger partial charge in [-0.2, -0.15) is 0 Å². The summed E-state index contributed by atoms with van der Waals surface area (Å²) in [6, 6.07) is 16.1. The van der Waals surface area contributed by atoms with Crippen LogP contribution in [0.1, 0.15) is 10.6 Å². The van der Waals surface area contributed by atoms with Crippen LogP contribution in [0.15, 0.2) is 74.1 Å². The van der Waals surface area contributed by atoms with Gasteiger partial charge in [-0.1, -0.05) is 35.4 Å². The van der Waals surface area contributed by atoms with E-state index >= 15 is 0 Å². The van der Waals surface area contributed by atoms with Crippen molar-refractivity contribution in [3.63, 3.8) is 0 Å². The normalized spacial score (nSPS) is 10.7. The third-order valence-electron chi connectivity index (χ3n) is 3.27. The number of nitrogens with zero attached hydrogens (tertiary/aromatic N) is 2. The summed E-state index contributed by atoms with van der Waals surface area (Å²) < 4.78 is 16.0. The lowest BCUT2D eigenvalue weighted by molar-refractivity contribution is 0.0994. The number of carbonyl (C=O) groups is 1. The van der Waals surface area contributed by atoms with E-state index in [9.17, 15) is 4.79 Å². The number of carbonyl (C=O) groups excluding carboxylic acids is 1. The quantitative estimate of drug-likeness (QED) is 0.613. The Hall–Kier alpha value is -3.61. The van der Waals surface area contributed by atoms with Crippen LogP contribution in [0.5, 0.6) is 0 Å². The third-order valence-corrected chi connectivity index (χ3v) is 3.27. The number of rotatable bonds is 4.